The summed E-state index contributed by atoms with van der Waals surface area (Å²) in [6.07, 6.45) is 10.7. The topological polar surface area (TPSA) is 166 Å². The summed E-state index contributed by atoms with van der Waals surface area (Å²) in [7, 11) is 1.60. The van der Waals surface area contributed by atoms with E-state index in [2.05, 4.69) is 36.6 Å². The molecule has 5 heterocycles. The number of hydrogen-bond acceptors (Lipinski definition) is 14. The zero-order valence-corrected chi connectivity index (χ0v) is 47.5. The average Bonchev–Trinajstić information content (AvgIpc) is 4.08. The second kappa shape index (κ2) is 25.2. The number of aromatic hydroxyl groups is 1. The fraction of sp³-hybridized carbons (Fsp3) is 0.356. The molecule has 2 saturated heterocycles. The van der Waals surface area contributed by atoms with Crippen molar-refractivity contribution in [3.05, 3.63) is 170 Å². The monoisotopic (exact) mass is 1190 g/mol. The number of Topliss-reactive ketones (excluding diaryl/α,β-unsaturated/α-hetero) is 1. The van der Waals surface area contributed by atoms with Gasteiger partial charge in [-0.05, 0) is 91.4 Å². The fourth-order valence-electron chi connectivity index (χ4n) is 11.7. The molecule has 7 aromatic rings. The van der Waals surface area contributed by atoms with Crippen molar-refractivity contribution in [2.45, 2.75) is 74.5 Å². The number of anilines is 2. The van der Waals surface area contributed by atoms with Gasteiger partial charge in [-0.3, -0.25) is 14.6 Å². The number of ether oxygens (including phenoxy) is 5. The Morgan fingerprint density at radius 1 is 0.938 bits per heavy atom. The molecule has 1 saturated carbocycles. The van der Waals surface area contributed by atoms with Gasteiger partial charge in [-0.25, -0.2) is 19.3 Å². The Morgan fingerprint density at radius 2 is 1.74 bits per heavy atom. The van der Waals surface area contributed by atoms with Crippen LogP contribution in [0.2, 0.25) is 25.1 Å². The standard InChI is InChI=1S/C22H24ClFN4O3.C19H21NO4.C18H14Cl4N2O/c1-29-20-13-19-16(12-21(20)31-8-2-5-28-6-9-30-10-7-28)22(26-14-25-19)27-15-3-4-18(24)17(23)11-15;1-2-8-20-9-7-18-15-11-3-4-12(21)16(15)24-17(18)13(22)5-6-19(18,23)14(20)10-11;19-13-2-1-12(16(21)7-13)10-25-18(9-24-6-5-23-11-24)15-4-3-14(20)8-17(15)22/h3-4,11-14H,2,5-10H2,1H3,(H,25,26,27);2-4,14,17,21,23H,1,5-10H2;1-8,11,18H,9-10H2/t;14-,17+,18+,19-;/m.1./s1. The molecule has 80 heavy (non-hydrogen) atoms. The smallest absolute Gasteiger partial charge is 0.174 e. The number of rotatable bonds is 16. The number of morpholine rings is 1. The van der Waals surface area contributed by atoms with Crippen molar-refractivity contribution >= 4 is 86.2 Å². The molecule has 5 aromatic carbocycles. The van der Waals surface area contributed by atoms with E-state index in [9.17, 15) is 19.4 Å². The molecule has 15 nitrogen and oxygen atoms in total. The third-order valence-corrected chi connectivity index (χ3v) is 17.0. The summed E-state index contributed by atoms with van der Waals surface area (Å²) in [5, 5.41) is 28.4. The Bertz CT molecular complexity index is 3380. The highest BCUT2D eigenvalue weighted by Crippen LogP contribution is 2.64. The Balaban J connectivity index is 0.000000136. The number of carbonyl (C=O) groups excluding carboxylic acids is 1. The normalized spacial score (nSPS) is 21.3. The molecule has 12 rings (SSSR count). The van der Waals surface area contributed by atoms with Gasteiger partial charge in [-0.15, -0.1) is 6.58 Å². The molecule has 2 aromatic heterocycles. The van der Waals surface area contributed by atoms with Gasteiger partial charge in [0.1, 0.15) is 24.1 Å². The second-order valence-corrected chi connectivity index (χ2v) is 22.3. The second-order valence-electron chi connectivity index (χ2n) is 20.2. The molecule has 0 radical (unpaired) electrons. The zero-order valence-electron chi connectivity index (χ0n) is 43.7. The van der Waals surface area contributed by atoms with Gasteiger partial charge in [-0.2, -0.15) is 0 Å². The number of aliphatic hydroxyl groups is 1. The Hall–Kier alpha value is -5.76. The van der Waals surface area contributed by atoms with Gasteiger partial charge in [0.2, 0.25) is 0 Å². The van der Waals surface area contributed by atoms with Gasteiger partial charge < -0.3 is 43.8 Å². The van der Waals surface area contributed by atoms with E-state index in [1.165, 1.54) is 18.5 Å². The number of piperidine rings is 1. The molecule has 3 N–H and O–H groups in total. The van der Waals surface area contributed by atoms with Crippen LogP contribution in [-0.4, -0.2) is 123 Å². The number of carbonyl (C=O) groups is 1. The summed E-state index contributed by atoms with van der Waals surface area (Å²) in [4.78, 5) is 30.0. The number of nitrogens with zero attached hydrogens (tertiary/aromatic N) is 6. The van der Waals surface area contributed by atoms with Crippen molar-refractivity contribution < 1.29 is 43.1 Å². The SMILES string of the molecule is C=CCN1CC[C@]23c4c5ccc(O)c4O[C@H]2C(=O)CC[C@@]3(O)[C@H]1C5.COc1cc2ncnc(Nc3ccc(F)c(Cl)c3)c2cc1OCCCN1CCOCC1.Clc1ccc(COC(Cn2ccnc2)c2ccc(Cl)cc2Cl)c(Cl)c1. The third kappa shape index (κ3) is 11.9. The minimum atomic E-state index is -1.00. The van der Waals surface area contributed by atoms with E-state index in [1.54, 1.807) is 56.0 Å². The van der Waals surface area contributed by atoms with Gasteiger partial charge >= 0.3 is 0 Å². The summed E-state index contributed by atoms with van der Waals surface area (Å²) < 4.78 is 44.4. The van der Waals surface area contributed by atoms with Crippen LogP contribution in [0.25, 0.3) is 10.9 Å². The van der Waals surface area contributed by atoms with Gasteiger partial charge in [0.25, 0.3) is 0 Å². The van der Waals surface area contributed by atoms with E-state index in [0.717, 1.165) is 80.0 Å². The van der Waals surface area contributed by atoms with Crippen LogP contribution in [0.1, 0.15) is 54.0 Å². The molecule has 3 aliphatic heterocycles. The van der Waals surface area contributed by atoms with Crippen LogP contribution in [0.15, 0.2) is 117 Å². The van der Waals surface area contributed by atoms with Crippen LogP contribution < -0.4 is 19.5 Å². The lowest BCUT2D eigenvalue weighted by molar-refractivity contribution is -0.187. The van der Waals surface area contributed by atoms with Crippen LogP contribution in [0.3, 0.4) is 0 Å². The van der Waals surface area contributed by atoms with Crippen molar-refractivity contribution in [2.24, 2.45) is 0 Å². The molecular weight excluding hydrogens is 1130 g/mol. The van der Waals surface area contributed by atoms with Crippen LogP contribution in [0, 0.1) is 5.82 Å². The number of ketones is 1. The minimum Gasteiger partial charge on any atom is -0.504 e. The number of nitrogens with one attached hydrogen (secondary N) is 1. The maximum Gasteiger partial charge on any atom is 0.174 e. The number of imidazole rings is 1. The summed E-state index contributed by atoms with van der Waals surface area (Å²) >= 11 is 30.4. The fourth-order valence-corrected chi connectivity index (χ4v) is 12.8. The molecule has 1 spiro atoms. The van der Waals surface area contributed by atoms with Crippen molar-refractivity contribution in [1.29, 1.82) is 0 Å². The van der Waals surface area contributed by atoms with Crippen LogP contribution in [-0.2, 0) is 39.3 Å². The van der Waals surface area contributed by atoms with E-state index in [4.69, 9.17) is 81.7 Å². The number of phenolic OH excluding ortho intramolecular Hbond substituents is 1. The van der Waals surface area contributed by atoms with Crippen LogP contribution >= 0.6 is 58.0 Å². The lowest BCUT2D eigenvalue weighted by atomic mass is 9.49. The van der Waals surface area contributed by atoms with E-state index in [1.807, 2.05) is 47.2 Å². The first kappa shape index (κ1) is 57.5. The maximum atomic E-state index is 13.5. The quantitative estimate of drug-likeness (QED) is 0.0618. The molecule has 2 aliphatic carbocycles. The lowest BCUT2D eigenvalue weighted by Gasteiger charge is -2.62. The van der Waals surface area contributed by atoms with Gasteiger partial charge in [0, 0.05) is 106 Å². The first-order valence-corrected chi connectivity index (χ1v) is 28.1. The molecule has 3 fully saturated rings. The highest BCUT2D eigenvalue weighted by molar-refractivity contribution is 6.35. The van der Waals surface area contributed by atoms with Crippen LogP contribution in [0.4, 0.5) is 15.9 Å². The zero-order chi connectivity index (χ0) is 56.1. The molecule has 0 amide bonds. The third-order valence-electron chi connectivity index (χ3n) is 15.5. The predicted octanol–water partition coefficient (Wildman–Crippen LogP) is 12.0. The molecule has 21 heteroatoms. The number of halogens is 6. The Morgan fingerprint density at radius 3 is 2.48 bits per heavy atom. The average molecular weight is 1190 g/mol. The molecule has 5 aliphatic rings. The number of likely N-dealkylation sites (tertiary alicyclic amines) is 1. The number of hydrogen-bond donors (Lipinski definition) is 3. The molecule has 1 unspecified atom stereocenters. The Labute approximate surface area is 488 Å². The molecule has 2 bridgehead atoms. The van der Waals surface area contributed by atoms with E-state index in [-0.39, 0.29) is 28.7 Å². The number of methoxy groups -OCH3 is 1. The lowest BCUT2D eigenvalue weighted by Crippen LogP contribution is -2.76. The highest BCUT2D eigenvalue weighted by Gasteiger charge is 2.73. The first-order valence-electron chi connectivity index (χ1n) is 26.3. The number of phenols is 1. The Kier molecular flexibility index (Phi) is 18.1. The summed E-state index contributed by atoms with van der Waals surface area (Å²) in [6, 6.07) is 22.3. The van der Waals surface area contributed by atoms with Gasteiger partial charge in [-0.1, -0.05) is 82.3 Å². The first-order chi connectivity index (χ1) is 38.7. The van der Waals surface area contributed by atoms with Crippen molar-refractivity contribution in [2.75, 3.05) is 65.0 Å². The molecule has 420 valence electrons. The summed E-state index contributed by atoms with van der Waals surface area (Å²) in [5.41, 5.74) is 3.28. The highest BCUT2D eigenvalue weighted by atomic mass is 35.5. The van der Waals surface area contributed by atoms with E-state index < -0.39 is 22.9 Å². The largest absolute Gasteiger partial charge is 0.504 e. The van der Waals surface area contributed by atoms with E-state index >= 15 is 0 Å². The van der Waals surface area contributed by atoms with Crippen molar-refractivity contribution in [3.8, 4) is 23.0 Å². The van der Waals surface area contributed by atoms with E-state index in [0.29, 0.717) is 99.8 Å². The van der Waals surface area contributed by atoms with Gasteiger partial charge in [0.05, 0.1) is 68.0 Å². The number of aromatic nitrogens is 4. The van der Waals surface area contributed by atoms with Gasteiger partial charge in [0.15, 0.2) is 34.9 Å². The molecule has 5 atom stereocenters. The summed E-state index contributed by atoms with van der Waals surface area (Å²) in [5.74, 6) is 1.84. The minimum absolute atomic E-state index is 0.0364. The predicted molar refractivity (Wildman–Crippen MR) is 308 cm³/mol. The summed E-state index contributed by atoms with van der Waals surface area (Å²) in [6.45, 7) is 11.3. The van der Waals surface area contributed by atoms with Crippen molar-refractivity contribution in [3.63, 3.8) is 0 Å². The number of fused-ring (bicyclic) bond motifs is 1. The maximum absolute atomic E-state index is 13.5. The van der Waals surface area contributed by atoms with Crippen molar-refractivity contribution in [1.82, 2.24) is 29.3 Å². The molecular formula is C59H59Cl5FN7O8. The van der Waals surface area contributed by atoms with Crippen LogP contribution in [0.5, 0.6) is 23.0 Å². The number of benzene rings is 5.